The van der Waals surface area contributed by atoms with Gasteiger partial charge in [0.1, 0.15) is 48.8 Å². The number of hydrogen-bond acceptors (Lipinski definition) is 13. The number of ether oxygens (including phenoxy) is 5. The van der Waals surface area contributed by atoms with Crippen LogP contribution in [0.15, 0.2) is 5.11 Å². The lowest BCUT2D eigenvalue weighted by Crippen LogP contribution is -2.67. The summed E-state index contributed by atoms with van der Waals surface area (Å²) in [6, 6.07) is -1.17. The zero-order valence-electron chi connectivity index (χ0n) is 18.5. The Morgan fingerprint density at radius 3 is 2.26 bits per heavy atom. The molecule has 196 valence electrons. The van der Waals surface area contributed by atoms with Crippen molar-refractivity contribution in [1.82, 2.24) is 5.32 Å². The lowest BCUT2D eigenvalue weighted by Gasteiger charge is -2.47. The van der Waals surface area contributed by atoms with Crippen molar-refractivity contribution >= 4 is 5.91 Å². The van der Waals surface area contributed by atoms with Gasteiger partial charge < -0.3 is 59.6 Å². The lowest BCUT2D eigenvalue weighted by molar-refractivity contribution is -0.348. The minimum Gasteiger partial charge on any atom is -0.394 e. The van der Waals surface area contributed by atoms with Crippen molar-refractivity contribution in [2.45, 2.75) is 68.3 Å². The van der Waals surface area contributed by atoms with Crippen molar-refractivity contribution in [3.05, 3.63) is 10.4 Å². The molecule has 0 spiro atoms. The predicted octanol–water partition coefficient (Wildman–Crippen LogP) is -3.90. The molecule has 16 heteroatoms. The number of aliphatic hydroxyl groups is 6. The van der Waals surface area contributed by atoms with Crippen LogP contribution in [0.25, 0.3) is 10.4 Å². The minimum absolute atomic E-state index is 0.0277. The average molecular weight is 496 g/mol. The number of amides is 1. The second kappa shape index (κ2) is 14.0. The summed E-state index contributed by atoms with van der Waals surface area (Å²) in [7, 11) is 0. The quantitative estimate of drug-likeness (QED) is 0.0593. The highest BCUT2D eigenvalue weighted by molar-refractivity contribution is 5.73. The predicted molar refractivity (Wildman–Crippen MR) is 109 cm³/mol. The van der Waals surface area contributed by atoms with Gasteiger partial charge in [-0.2, -0.15) is 0 Å². The first-order chi connectivity index (χ1) is 16.2. The fraction of sp³-hybridized carbons (Fsp3) is 0.944. The standard InChI is InChI=1S/C18H32N4O12/c1-8(25)21-11-13(27)16(34-18-15(29)14(28)12(26)9(6-23)32-18)10(7-24)33-17(11)31-5-4-30-3-2-20-22-19/h9-18,23-24,26-29H,2-7H2,1H3,(H,21,25)/t9-,10-,11-,12+,13-,14+,15-,16-,17-,18+/m1/s1. The molecule has 16 nitrogen and oxygen atoms in total. The highest BCUT2D eigenvalue weighted by Crippen LogP contribution is 2.29. The SMILES string of the molecule is CC(=O)N[C@H]1[C@H](OCCOCCN=[N+]=[N-])O[C@H](CO)[C@@H](O[C@@H]2O[C@H](CO)[C@H](O)[C@H](O)[C@H]2O)[C@@H]1O. The van der Waals surface area contributed by atoms with E-state index in [0.717, 1.165) is 0 Å². The van der Waals surface area contributed by atoms with E-state index >= 15 is 0 Å². The molecule has 7 N–H and O–H groups in total. The van der Waals surface area contributed by atoms with E-state index in [1.165, 1.54) is 6.92 Å². The molecule has 1 amide bonds. The maximum Gasteiger partial charge on any atom is 0.217 e. The van der Waals surface area contributed by atoms with Crippen LogP contribution in [0.2, 0.25) is 0 Å². The Bertz CT molecular complexity index is 681. The summed E-state index contributed by atoms with van der Waals surface area (Å²) >= 11 is 0. The molecule has 2 heterocycles. The number of nitrogens with one attached hydrogen (secondary N) is 1. The van der Waals surface area contributed by atoms with Crippen LogP contribution in [0.5, 0.6) is 0 Å². The third kappa shape index (κ3) is 7.42. The van der Waals surface area contributed by atoms with E-state index in [-0.39, 0.29) is 26.4 Å². The first-order valence-corrected chi connectivity index (χ1v) is 10.6. The van der Waals surface area contributed by atoms with Gasteiger partial charge in [-0.1, -0.05) is 5.11 Å². The van der Waals surface area contributed by atoms with Gasteiger partial charge in [0.05, 0.1) is 33.0 Å². The molecule has 0 aromatic carbocycles. The molecular formula is C18H32N4O12. The number of nitrogens with zero attached hydrogens (tertiary/aromatic N) is 3. The van der Waals surface area contributed by atoms with E-state index in [2.05, 4.69) is 15.3 Å². The van der Waals surface area contributed by atoms with Crippen molar-refractivity contribution in [3.8, 4) is 0 Å². The zero-order valence-corrected chi connectivity index (χ0v) is 18.5. The Labute approximate surface area is 194 Å². The fourth-order valence-corrected chi connectivity index (χ4v) is 3.58. The Hall–Kier alpha value is -1.66. The molecular weight excluding hydrogens is 464 g/mol. The number of hydrogen-bond donors (Lipinski definition) is 7. The van der Waals surface area contributed by atoms with E-state index in [1.54, 1.807) is 0 Å². The maximum absolute atomic E-state index is 11.7. The van der Waals surface area contributed by atoms with Crippen LogP contribution in [0.1, 0.15) is 6.92 Å². The highest BCUT2D eigenvalue weighted by atomic mass is 16.7. The van der Waals surface area contributed by atoms with E-state index in [4.69, 9.17) is 29.2 Å². The second-order valence-corrected chi connectivity index (χ2v) is 7.68. The molecule has 34 heavy (non-hydrogen) atoms. The van der Waals surface area contributed by atoms with Gasteiger partial charge in [0, 0.05) is 18.4 Å². The Morgan fingerprint density at radius 2 is 1.65 bits per heavy atom. The smallest absolute Gasteiger partial charge is 0.217 e. The molecule has 0 aromatic rings. The molecule has 2 rings (SSSR count). The van der Waals surface area contributed by atoms with E-state index < -0.39 is 80.5 Å². The minimum atomic E-state index is -1.75. The lowest BCUT2D eigenvalue weighted by atomic mass is 9.95. The summed E-state index contributed by atoms with van der Waals surface area (Å²) in [6.07, 6.45) is -13.3. The molecule has 0 aliphatic carbocycles. The third-order valence-electron chi connectivity index (χ3n) is 5.27. The van der Waals surface area contributed by atoms with E-state index in [9.17, 15) is 35.4 Å². The molecule has 0 bridgehead atoms. The van der Waals surface area contributed by atoms with Crippen LogP contribution < -0.4 is 5.32 Å². The van der Waals surface area contributed by atoms with Gasteiger partial charge in [-0.3, -0.25) is 4.79 Å². The topological polar surface area (TPSA) is 245 Å². The van der Waals surface area contributed by atoms with Crippen molar-refractivity contribution in [2.75, 3.05) is 39.6 Å². The van der Waals surface area contributed by atoms with Gasteiger partial charge >= 0.3 is 0 Å². The average Bonchev–Trinajstić information content (AvgIpc) is 2.81. The highest BCUT2D eigenvalue weighted by Gasteiger charge is 2.51. The zero-order chi connectivity index (χ0) is 25.3. The molecule has 10 atom stereocenters. The molecule has 2 aliphatic heterocycles. The summed E-state index contributed by atoms with van der Waals surface area (Å²) < 4.78 is 27.3. The number of carbonyl (C=O) groups is 1. The van der Waals surface area contributed by atoms with Crippen molar-refractivity contribution in [1.29, 1.82) is 0 Å². The normalized spacial score (nSPS) is 38.2. The molecule has 0 saturated carbocycles. The van der Waals surface area contributed by atoms with Gasteiger partial charge in [0.25, 0.3) is 0 Å². The Morgan fingerprint density at radius 1 is 0.971 bits per heavy atom. The number of rotatable bonds is 12. The monoisotopic (exact) mass is 496 g/mol. The summed E-state index contributed by atoms with van der Waals surface area (Å²) in [5, 5.41) is 65.9. The molecule has 0 unspecified atom stereocenters. The Balaban J connectivity index is 2.07. The third-order valence-corrected chi connectivity index (χ3v) is 5.27. The van der Waals surface area contributed by atoms with Gasteiger partial charge in [-0.05, 0) is 5.53 Å². The summed E-state index contributed by atoms with van der Waals surface area (Å²) in [4.78, 5) is 14.3. The molecule has 0 radical (unpaired) electrons. The first-order valence-electron chi connectivity index (χ1n) is 10.6. The molecule has 2 aliphatic rings. The number of aliphatic hydroxyl groups excluding tert-OH is 6. The van der Waals surface area contributed by atoms with Gasteiger partial charge in [0.15, 0.2) is 12.6 Å². The van der Waals surface area contributed by atoms with Crippen molar-refractivity contribution in [2.24, 2.45) is 5.11 Å². The van der Waals surface area contributed by atoms with Gasteiger partial charge in [0.2, 0.25) is 5.91 Å². The van der Waals surface area contributed by atoms with Crippen LogP contribution in [-0.2, 0) is 28.5 Å². The molecule has 2 saturated heterocycles. The number of carbonyl (C=O) groups excluding carboxylic acids is 1. The van der Waals surface area contributed by atoms with Gasteiger partial charge in [-0.15, -0.1) is 0 Å². The first kappa shape index (κ1) is 28.6. The van der Waals surface area contributed by atoms with Crippen LogP contribution in [0.3, 0.4) is 0 Å². The number of azide groups is 1. The van der Waals surface area contributed by atoms with Crippen LogP contribution in [0.4, 0.5) is 0 Å². The van der Waals surface area contributed by atoms with Crippen LogP contribution >= 0.6 is 0 Å². The van der Waals surface area contributed by atoms with E-state index in [0.29, 0.717) is 0 Å². The van der Waals surface area contributed by atoms with Gasteiger partial charge in [-0.25, -0.2) is 0 Å². The molecule has 0 aromatic heterocycles. The van der Waals surface area contributed by atoms with Crippen molar-refractivity contribution in [3.63, 3.8) is 0 Å². The van der Waals surface area contributed by atoms with Crippen molar-refractivity contribution < 1.29 is 59.1 Å². The van der Waals surface area contributed by atoms with Crippen LogP contribution in [0, 0.1) is 0 Å². The second-order valence-electron chi connectivity index (χ2n) is 7.68. The maximum atomic E-state index is 11.7. The van der Waals surface area contributed by atoms with Crippen LogP contribution in [-0.4, -0.2) is 137 Å². The largest absolute Gasteiger partial charge is 0.394 e. The summed E-state index contributed by atoms with van der Waals surface area (Å²) in [6.45, 7) is 0.201. The molecule has 2 fully saturated rings. The summed E-state index contributed by atoms with van der Waals surface area (Å²) in [5.41, 5.74) is 8.22. The Kier molecular flexibility index (Phi) is 11.8. The fourth-order valence-electron chi connectivity index (χ4n) is 3.58. The summed E-state index contributed by atoms with van der Waals surface area (Å²) in [5.74, 6) is -0.527. The van der Waals surface area contributed by atoms with E-state index in [1.807, 2.05) is 0 Å².